The van der Waals surface area contributed by atoms with Crippen molar-refractivity contribution in [2.75, 3.05) is 6.54 Å². The molecule has 0 amide bonds. The van der Waals surface area contributed by atoms with Crippen LogP contribution in [-0.4, -0.2) is 22.1 Å². The quantitative estimate of drug-likeness (QED) is 0.730. The molecule has 1 unspecified atom stereocenters. The Morgan fingerprint density at radius 2 is 2.11 bits per heavy atom. The Morgan fingerprint density at radius 3 is 2.72 bits per heavy atom. The predicted octanol–water partition coefficient (Wildman–Crippen LogP) is 3.25. The first-order chi connectivity index (χ1) is 8.69. The lowest BCUT2D eigenvalue weighted by atomic mass is 9.98. The highest BCUT2D eigenvalue weighted by molar-refractivity contribution is 4.92. The summed E-state index contributed by atoms with van der Waals surface area (Å²) < 4.78 is 2.29. The van der Waals surface area contributed by atoms with Gasteiger partial charge in [0.2, 0.25) is 0 Å². The Bertz CT molecular complexity index is 317. The Labute approximate surface area is 112 Å². The molecule has 3 nitrogen and oxygen atoms in total. The van der Waals surface area contributed by atoms with Crippen LogP contribution in [0.3, 0.4) is 0 Å². The zero-order valence-electron chi connectivity index (χ0n) is 12.4. The molecule has 104 valence electrons. The van der Waals surface area contributed by atoms with Gasteiger partial charge in [0.05, 0.1) is 0 Å². The van der Waals surface area contributed by atoms with E-state index >= 15 is 0 Å². The zero-order chi connectivity index (χ0) is 13.4. The number of nitrogens with zero attached hydrogens (tertiary/aromatic N) is 2. The fourth-order valence-electron chi connectivity index (χ4n) is 2.43. The molecular formula is C15H29N3. The highest BCUT2D eigenvalue weighted by Gasteiger charge is 2.12. The third-order valence-corrected chi connectivity index (χ3v) is 3.45. The van der Waals surface area contributed by atoms with Crippen molar-refractivity contribution >= 4 is 0 Å². The summed E-state index contributed by atoms with van der Waals surface area (Å²) in [6, 6.07) is 0.643. The van der Waals surface area contributed by atoms with Gasteiger partial charge in [-0.2, -0.15) is 0 Å². The molecule has 0 aliphatic heterocycles. The van der Waals surface area contributed by atoms with Crippen LogP contribution in [0, 0.1) is 5.92 Å². The van der Waals surface area contributed by atoms with E-state index in [1.807, 2.05) is 6.20 Å². The van der Waals surface area contributed by atoms with Crippen molar-refractivity contribution in [1.29, 1.82) is 0 Å². The average Bonchev–Trinajstić information content (AvgIpc) is 2.76. The van der Waals surface area contributed by atoms with Gasteiger partial charge in [-0.1, -0.05) is 27.7 Å². The molecule has 0 aliphatic carbocycles. The van der Waals surface area contributed by atoms with Gasteiger partial charge in [0.25, 0.3) is 0 Å². The van der Waals surface area contributed by atoms with Gasteiger partial charge in [-0.05, 0) is 31.7 Å². The van der Waals surface area contributed by atoms with E-state index < -0.39 is 0 Å². The van der Waals surface area contributed by atoms with Gasteiger partial charge in [0, 0.05) is 31.4 Å². The molecule has 1 atom stereocenters. The fraction of sp³-hybridized carbons (Fsp3) is 0.800. The molecule has 0 aliphatic rings. The van der Waals surface area contributed by atoms with Crippen LogP contribution in [0.5, 0.6) is 0 Å². The monoisotopic (exact) mass is 251 g/mol. The van der Waals surface area contributed by atoms with Crippen LogP contribution in [0.1, 0.15) is 52.8 Å². The van der Waals surface area contributed by atoms with Crippen molar-refractivity contribution in [2.45, 2.75) is 66.0 Å². The summed E-state index contributed by atoms with van der Waals surface area (Å²) in [5.74, 6) is 1.95. The van der Waals surface area contributed by atoms with E-state index in [-0.39, 0.29) is 0 Å². The van der Waals surface area contributed by atoms with Crippen molar-refractivity contribution < 1.29 is 0 Å². The SMILES string of the molecule is CCCn1ccnc1CCCC(NCC)C(C)C. The summed E-state index contributed by atoms with van der Waals surface area (Å²) in [5, 5.41) is 3.57. The molecule has 0 spiro atoms. The Balaban J connectivity index is 2.37. The van der Waals surface area contributed by atoms with E-state index in [9.17, 15) is 0 Å². The molecule has 1 rings (SSSR count). The number of imidazole rings is 1. The molecular weight excluding hydrogens is 222 g/mol. The van der Waals surface area contributed by atoms with Crippen LogP contribution >= 0.6 is 0 Å². The van der Waals surface area contributed by atoms with Gasteiger partial charge in [-0.3, -0.25) is 0 Å². The van der Waals surface area contributed by atoms with Crippen LogP contribution in [0.15, 0.2) is 12.4 Å². The second-order valence-corrected chi connectivity index (χ2v) is 5.34. The first kappa shape index (κ1) is 15.2. The smallest absolute Gasteiger partial charge is 0.108 e. The van der Waals surface area contributed by atoms with Crippen molar-refractivity contribution in [1.82, 2.24) is 14.9 Å². The van der Waals surface area contributed by atoms with Gasteiger partial charge < -0.3 is 9.88 Å². The number of rotatable bonds is 9. The maximum Gasteiger partial charge on any atom is 0.108 e. The van der Waals surface area contributed by atoms with E-state index in [0.717, 1.165) is 19.5 Å². The number of aryl methyl sites for hydroxylation is 2. The van der Waals surface area contributed by atoms with Crippen LogP contribution in [-0.2, 0) is 13.0 Å². The first-order valence-corrected chi connectivity index (χ1v) is 7.42. The molecule has 1 N–H and O–H groups in total. The molecule has 0 aromatic carbocycles. The number of hydrogen-bond donors (Lipinski definition) is 1. The standard InChI is InChI=1S/C15H29N3/c1-5-11-18-12-10-17-15(18)9-7-8-14(13(3)4)16-6-2/h10,12-14,16H,5-9,11H2,1-4H3. The highest BCUT2D eigenvalue weighted by atomic mass is 15.1. The molecule has 1 aromatic rings. The Morgan fingerprint density at radius 1 is 1.33 bits per heavy atom. The minimum atomic E-state index is 0.643. The summed E-state index contributed by atoms with van der Waals surface area (Å²) in [6.45, 7) is 11.1. The molecule has 1 aromatic heterocycles. The van der Waals surface area contributed by atoms with E-state index in [1.165, 1.54) is 25.1 Å². The third-order valence-electron chi connectivity index (χ3n) is 3.45. The maximum absolute atomic E-state index is 4.47. The minimum absolute atomic E-state index is 0.643. The minimum Gasteiger partial charge on any atom is -0.335 e. The van der Waals surface area contributed by atoms with Gasteiger partial charge in [-0.15, -0.1) is 0 Å². The molecule has 0 saturated heterocycles. The normalized spacial score (nSPS) is 13.2. The van der Waals surface area contributed by atoms with Crippen LogP contribution in [0.2, 0.25) is 0 Å². The lowest BCUT2D eigenvalue weighted by Crippen LogP contribution is -2.33. The number of nitrogens with one attached hydrogen (secondary N) is 1. The van der Waals surface area contributed by atoms with Gasteiger partial charge >= 0.3 is 0 Å². The number of aromatic nitrogens is 2. The second kappa shape index (κ2) is 8.30. The predicted molar refractivity (Wildman–Crippen MR) is 77.8 cm³/mol. The summed E-state index contributed by atoms with van der Waals surface area (Å²) in [5.41, 5.74) is 0. The van der Waals surface area contributed by atoms with E-state index in [2.05, 4.69) is 48.8 Å². The Hall–Kier alpha value is -0.830. The van der Waals surface area contributed by atoms with Gasteiger partial charge in [0.1, 0.15) is 5.82 Å². The summed E-state index contributed by atoms with van der Waals surface area (Å²) in [4.78, 5) is 4.47. The highest BCUT2D eigenvalue weighted by Crippen LogP contribution is 2.11. The molecule has 3 heteroatoms. The van der Waals surface area contributed by atoms with E-state index in [4.69, 9.17) is 0 Å². The summed E-state index contributed by atoms with van der Waals surface area (Å²) >= 11 is 0. The second-order valence-electron chi connectivity index (χ2n) is 5.34. The lowest BCUT2D eigenvalue weighted by molar-refractivity contribution is 0.375. The fourth-order valence-corrected chi connectivity index (χ4v) is 2.43. The molecule has 0 saturated carbocycles. The van der Waals surface area contributed by atoms with Crippen molar-refractivity contribution in [2.24, 2.45) is 5.92 Å². The van der Waals surface area contributed by atoms with Crippen molar-refractivity contribution in [3.05, 3.63) is 18.2 Å². The Kier molecular flexibility index (Phi) is 7.02. The molecule has 0 fully saturated rings. The van der Waals surface area contributed by atoms with Crippen LogP contribution in [0.4, 0.5) is 0 Å². The van der Waals surface area contributed by atoms with E-state index in [1.54, 1.807) is 0 Å². The van der Waals surface area contributed by atoms with Crippen molar-refractivity contribution in [3.8, 4) is 0 Å². The molecule has 18 heavy (non-hydrogen) atoms. The van der Waals surface area contributed by atoms with Crippen LogP contribution in [0.25, 0.3) is 0 Å². The molecule has 0 radical (unpaired) electrons. The average molecular weight is 251 g/mol. The lowest BCUT2D eigenvalue weighted by Gasteiger charge is -2.21. The summed E-state index contributed by atoms with van der Waals surface area (Å²) in [7, 11) is 0. The topological polar surface area (TPSA) is 29.9 Å². The molecule has 0 bridgehead atoms. The van der Waals surface area contributed by atoms with Crippen molar-refractivity contribution in [3.63, 3.8) is 0 Å². The summed E-state index contributed by atoms with van der Waals surface area (Å²) in [6.07, 6.45) is 8.76. The maximum atomic E-state index is 4.47. The van der Waals surface area contributed by atoms with Crippen LogP contribution < -0.4 is 5.32 Å². The van der Waals surface area contributed by atoms with Gasteiger partial charge in [-0.25, -0.2) is 4.98 Å². The molecule has 1 heterocycles. The first-order valence-electron chi connectivity index (χ1n) is 7.42. The largest absolute Gasteiger partial charge is 0.335 e. The number of hydrogen-bond acceptors (Lipinski definition) is 2. The third kappa shape index (κ3) is 4.81. The van der Waals surface area contributed by atoms with Gasteiger partial charge in [0.15, 0.2) is 0 Å². The zero-order valence-corrected chi connectivity index (χ0v) is 12.4. The van der Waals surface area contributed by atoms with E-state index in [0.29, 0.717) is 12.0 Å².